The Labute approximate surface area is 102 Å². The second-order valence-electron chi connectivity index (χ2n) is 4.24. The first-order chi connectivity index (χ1) is 7.64. The zero-order chi connectivity index (χ0) is 12.4. The van der Waals surface area contributed by atoms with Crippen molar-refractivity contribution >= 4 is 8.80 Å². The van der Waals surface area contributed by atoms with Gasteiger partial charge in [0, 0.05) is 26.4 Å². The van der Waals surface area contributed by atoms with Crippen LogP contribution in [0.25, 0.3) is 0 Å². The van der Waals surface area contributed by atoms with Crippen LogP contribution in [0.1, 0.15) is 52.9 Å². The molecule has 3 nitrogen and oxygen atoms in total. The maximum Gasteiger partial charge on any atom is 0.500 e. The lowest BCUT2D eigenvalue weighted by atomic mass is 10.2. The molecule has 0 radical (unpaired) electrons. The van der Waals surface area contributed by atoms with E-state index in [4.69, 9.17) is 13.3 Å². The zero-order valence-corrected chi connectivity index (χ0v) is 12.5. The van der Waals surface area contributed by atoms with E-state index in [0.717, 1.165) is 18.9 Å². The maximum absolute atomic E-state index is 5.96. The fourth-order valence-corrected chi connectivity index (χ4v) is 3.95. The molecule has 0 N–H and O–H groups in total. The van der Waals surface area contributed by atoms with Gasteiger partial charge < -0.3 is 13.3 Å². The summed E-state index contributed by atoms with van der Waals surface area (Å²) in [5.74, 6) is 0. The monoisotopic (exact) mass is 248 g/mol. The van der Waals surface area contributed by atoms with E-state index in [0.29, 0.717) is 0 Å². The molecule has 0 bridgehead atoms. The first-order valence-corrected chi connectivity index (χ1v) is 8.35. The van der Waals surface area contributed by atoms with Gasteiger partial charge in [-0.25, -0.2) is 0 Å². The van der Waals surface area contributed by atoms with E-state index in [9.17, 15) is 0 Å². The molecule has 0 aliphatic rings. The van der Waals surface area contributed by atoms with E-state index < -0.39 is 8.80 Å². The average molecular weight is 248 g/mol. The lowest BCUT2D eigenvalue weighted by Gasteiger charge is -2.29. The van der Waals surface area contributed by atoms with Crippen molar-refractivity contribution in [3.8, 4) is 0 Å². The minimum Gasteiger partial charge on any atom is -0.377 e. The summed E-state index contributed by atoms with van der Waals surface area (Å²) in [6.07, 6.45) is 6.12. The summed E-state index contributed by atoms with van der Waals surface area (Å²) in [6.45, 7) is 6.41. The molecule has 0 rings (SSSR count). The first-order valence-electron chi connectivity index (χ1n) is 6.42. The van der Waals surface area contributed by atoms with Crippen LogP contribution < -0.4 is 0 Å². The molecule has 0 amide bonds. The molecule has 16 heavy (non-hydrogen) atoms. The Morgan fingerprint density at radius 2 is 1.62 bits per heavy atom. The highest BCUT2D eigenvalue weighted by molar-refractivity contribution is 6.60. The fraction of sp³-hybridized carbons (Fsp3) is 1.00. The van der Waals surface area contributed by atoms with Gasteiger partial charge in [-0.05, 0) is 19.8 Å². The lowest BCUT2D eigenvalue weighted by Crippen LogP contribution is -2.46. The van der Waals surface area contributed by atoms with Gasteiger partial charge in [0.05, 0.1) is 0 Å². The fourth-order valence-electron chi connectivity index (χ4n) is 1.60. The van der Waals surface area contributed by atoms with E-state index in [1.165, 1.54) is 19.3 Å². The van der Waals surface area contributed by atoms with E-state index in [1.807, 2.05) is 0 Å². The summed E-state index contributed by atoms with van der Waals surface area (Å²) >= 11 is 0. The van der Waals surface area contributed by atoms with Gasteiger partial charge in [-0.3, -0.25) is 0 Å². The van der Waals surface area contributed by atoms with Gasteiger partial charge in [0.15, 0.2) is 0 Å². The Morgan fingerprint density at radius 1 is 1.00 bits per heavy atom. The Morgan fingerprint density at radius 3 is 2.06 bits per heavy atom. The van der Waals surface area contributed by atoms with Crippen LogP contribution in [-0.2, 0) is 13.3 Å². The van der Waals surface area contributed by atoms with Crippen molar-refractivity contribution in [2.24, 2.45) is 0 Å². The third-order valence-electron chi connectivity index (χ3n) is 2.91. The van der Waals surface area contributed by atoms with Crippen molar-refractivity contribution in [2.75, 3.05) is 14.2 Å². The number of unbranched alkanes of at least 4 members (excludes halogenated alkanes) is 3. The molecule has 1 unspecified atom stereocenters. The van der Waals surface area contributed by atoms with Crippen LogP contribution in [0.4, 0.5) is 0 Å². The van der Waals surface area contributed by atoms with Crippen LogP contribution in [-0.4, -0.2) is 29.1 Å². The summed E-state index contributed by atoms with van der Waals surface area (Å²) in [5, 5.41) is 0. The summed E-state index contributed by atoms with van der Waals surface area (Å²) in [7, 11) is 1.04. The van der Waals surface area contributed by atoms with Crippen molar-refractivity contribution < 1.29 is 13.3 Å². The van der Waals surface area contributed by atoms with Crippen LogP contribution in [0.2, 0.25) is 6.04 Å². The Kier molecular flexibility index (Phi) is 9.22. The van der Waals surface area contributed by atoms with Gasteiger partial charge in [0.1, 0.15) is 0 Å². The maximum atomic E-state index is 5.96. The predicted molar refractivity (Wildman–Crippen MR) is 69.6 cm³/mol. The number of hydrogen-bond donors (Lipinski definition) is 0. The molecule has 0 aliphatic heterocycles. The molecule has 0 saturated carbocycles. The van der Waals surface area contributed by atoms with Crippen molar-refractivity contribution in [3.05, 3.63) is 0 Å². The number of rotatable bonds is 10. The van der Waals surface area contributed by atoms with Crippen LogP contribution in [0.5, 0.6) is 0 Å². The minimum atomic E-state index is -2.38. The van der Waals surface area contributed by atoms with Crippen LogP contribution in [0.15, 0.2) is 0 Å². The molecule has 0 heterocycles. The molecule has 98 valence electrons. The molecule has 0 aromatic heterocycles. The Hall–Kier alpha value is 0.0969. The van der Waals surface area contributed by atoms with Crippen molar-refractivity contribution in [2.45, 2.75) is 65.0 Å². The highest BCUT2D eigenvalue weighted by Gasteiger charge is 2.39. The highest BCUT2D eigenvalue weighted by Crippen LogP contribution is 2.21. The first kappa shape index (κ1) is 16.1. The van der Waals surface area contributed by atoms with E-state index in [-0.39, 0.29) is 6.10 Å². The van der Waals surface area contributed by atoms with E-state index in [2.05, 4.69) is 20.8 Å². The highest BCUT2D eigenvalue weighted by atomic mass is 28.4. The van der Waals surface area contributed by atoms with Gasteiger partial charge in [0.2, 0.25) is 0 Å². The Balaban J connectivity index is 4.10. The molecule has 0 aliphatic carbocycles. The summed E-state index contributed by atoms with van der Waals surface area (Å²) in [6, 6.07) is 0.935. The Bertz CT molecular complexity index is 160. The van der Waals surface area contributed by atoms with E-state index in [1.54, 1.807) is 14.2 Å². The van der Waals surface area contributed by atoms with Gasteiger partial charge >= 0.3 is 8.80 Å². The molecule has 0 saturated heterocycles. The van der Waals surface area contributed by atoms with Crippen molar-refractivity contribution in [1.82, 2.24) is 0 Å². The normalized spacial score (nSPS) is 14.1. The number of hydrogen-bond acceptors (Lipinski definition) is 3. The average Bonchev–Trinajstić information content (AvgIpc) is 2.33. The third kappa shape index (κ3) is 5.99. The van der Waals surface area contributed by atoms with E-state index >= 15 is 0 Å². The minimum absolute atomic E-state index is 0.220. The molecular weight excluding hydrogens is 220 g/mol. The second kappa shape index (κ2) is 9.16. The van der Waals surface area contributed by atoms with Gasteiger partial charge in [0.25, 0.3) is 0 Å². The largest absolute Gasteiger partial charge is 0.500 e. The predicted octanol–water partition coefficient (Wildman–Crippen LogP) is 3.61. The molecule has 1 atom stereocenters. The van der Waals surface area contributed by atoms with Crippen LogP contribution in [0, 0.1) is 0 Å². The standard InChI is InChI=1S/C12H28O3Si/c1-6-8-9-10-11-16(13-4,14-5)15-12(3)7-2/h12H,6-11H2,1-5H3. The summed E-state index contributed by atoms with van der Waals surface area (Å²) < 4.78 is 17.0. The lowest BCUT2D eigenvalue weighted by molar-refractivity contribution is 0.0605. The van der Waals surface area contributed by atoms with Gasteiger partial charge in [-0.1, -0.05) is 33.1 Å². The van der Waals surface area contributed by atoms with Crippen LogP contribution >= 0.6 is 0 Å². The topological polar surface area (TPSA) is 27.7 Å². The summed E-state index contributed by atoms with van der Waals surface area (Å²) in [5.41, 5.74) is 0. The summed E-state index contributed by atoms with van der Waals surface area (Å²) in [4.78, 5) is 0. The third-order valence-corrected chi connectivity index (χ3v) is 5.89. The van der Waals surface area contributed by atoms with Gasteiger partial charge in [-0.2, -0.15) is 0 Å². The van der Waals surface area contributed by atoms with Crippen LogP contribution in [0.3, 0.4) is 0 Å². The van der Waals surface area contributed by atoms with Crippen molar-refractivity contribution in [1.29, 1.82) is 0 Å². The molecule has 0 aromatic carbocycles. The zero-order valence-electron chi connectivity index (χ0n) is 11.5. The van der Waals surface area contributed by atoms with Gasteiger partial charge in [-0.15, -0.1) is 0 Å². The molecule has 0 fully saturated rings. The van der Waals surface area contributed by atoms with Crippen molar-refractivity contribution in [3.63, 3.8) is 0 Å². The molecular formula is C12H28O3Si. The molecule has 4 heteroatoms. The molecule has 0 aromatic rings. The SMILES string of the molecule is CCCCCC[Si](OC)(OC)OC(C)CC. The molecule has 0 spiro atoms. The quantitative estimate of drug-likeness (QED) is 0.436. The second-order valence-corrected chi connectivity index (χ2v) is 7.16. The smallest absolute Gasteiger partial charge is 0.377 e.